The lowest BCUT2D eigenvalue weighted by Crippen LogP contribution is -2.65. The first-order valence-corrected chi connectivity index (χ1v) is 13.3. The summed E-state index contributed by atoms with van der Waals surface area (Å²) in [7, 11) is -0.664. The lowest BCUT2D eigenvalue weighted by atomic mass is 9.43. The van der Waals surface area contributed by atoms with Crippen molar-refractivity contribution in [1.29, 1.82) is 5.26 Å². The Labute approximate surface area is 217 Å². The van der Waals surface area contributed by atoms with Crippen LogP contribution in [0.3, 0.4) is 0 Å². The molecule has 2 aliphatic heterocycles. The molecule has 0 aromatic heterocycles. The summed E-state index contributed by atoms with van der Waals surface area (Å²) < 4.78 is 32.3. The smallest absolute Gasteiger partial charge is 0.444 e. The summed E-state index contributed by atoms with van der Waals surface area (Å²) in [5.41, 5.74) is 0.605. The number of nitrogens with zero attached hydrogens (tertiary/aromatic N) is 2. The number of nitriles is 1. The Balaban J connectivity index is 1.28. The average Bonchev–Trinajstić information content (AvgIpc) is 3.22. The van der Waals surface area contributed by atoms with Gasteiger partial charge in [0.15, 0.2) is 0 Å². The van der Waals surface area contributed by atoms with Gasteiger partial charge in [-0.2, -0.15) is 5.26 Å². The third-order valence-corrected chi connectivity index (χ3v) is 9.20. The molecule has 0 spiro atoms. The van der Waals surface area contributed by atoms with Crippen LogP contribution in [0.25, 0.3) is 0 Å². The van der Waals surface area contributed by atoms with Gasteiger partial charge in [-0.3, -0.25) is 4.79 Å². The number of amides is 2. The lowest BCUT2D eigenvalue weighted by molar-refractivity contribution is -0.199. The number of benzene rings is 1. The number of carbonyl (C=O) groups is 2. The first kappa shape index (κ1) is 26.0. The highest BCUT2D eigenvalue weighted by Gasteiger charge is 2.68. The van der Waals surface area contributed by atoms with Gasteiger partial charge in [-0.25, -0.2) is 9.18 Å². The summed E-state index contributed by atoms with van der Waals surface area (Å²) in [5.74, 6) is -0.138. The van der Waals surface area contributed by atoms with Crippen LogP contribution in [0.2, 0.25) is 0 Å². The van der Waals surface area contributed by atoms with Gasteiger partial charge in [0.2, 0.25) is 5.91 Å². The lowest BCUT2D eigenvalue weighted by Gasteiger charge is -2.64. The van der Waals surface area contributed by atoms with Crippen molar-refractivity contribution in [3.8, 4) is 6.07 Å². The maximum absolute atomic E-state index is 13.5. The topological polar surface area (TPSA) is 101 Å². The van der Waals surface area contributed by atoms with Crippen molar-refractivity contribution in [1.82, 2.24) is 10.2 Å². The molecule has 6 atom stereocenters. The predicted molar refractivity (Wildman–Crippen MR) is 133 cm³/mol. The standard InChI is InChI=1S/C27H35BFN3O5/c1-26(2)18-14-21(26)27(3)22(15-18)36-28(37-27)23(13-17-6-8-19(29)9-7-17)31-25(34)35-20-5-4-12-32(16-20)24(33)10-11-30/h6-9,18,20-23H,4-5,10,12-16H2,1-3H3,(H,31,34)/t18?,20-,21?,22+,23-,27-/m0/s1. The molecule has 1 aromatic rings. The van der Waals surface area contributed by atoms with Gasteiger partial charge in [0.25, 0.3) is 0 Å². The molecular formula is C27H35BFN3O5. The molecule has 37 heavy (non-hydrogen) atoms. The molecule has 2 bridgehead atoms. The molecule has 2 heterocycles. The molecule has 3 saturated carbocycles. The summed E-state index contributed by atoms with van der Waals surface area (Å²) in [6.07, 6.45) is 2.48. The summed E-state index contributed by atoms with van der Waals surface area (Å²) >= 11 is 0. The van der Waals surface area contributed by atoms with Gasteiger partial charge in [-0.05, 0) is 74.0 Å². The van der Waals surface area contributed by atoms with Gasteiger partial charge in [0, 0.05) is 6.54 Å². The summed E-state index contributed by atoms with van der Waals surface area (Å²) in [5, 5.41) is 11.8. The van der Waals surface area contributed by atoms with E-state index >= 15 is 0 Å². The van der Waals surface area contributed by atoms with Crippen LogP contribution in [0.5, 0.6) is 0 Å². The van der Waals surface area contributed by atoms with Gasteiger partial charge in [0.1, 0.15) is 18.3 Å². The van der Waals surface area contributed by atoms with E-state index in [1.165, 1.54) is 12.1 Å². The van der Waals surface area contributed by atoms with E-state index in [0.717, 1.165) is 18.4 Å². The minimum absolute atomic E-state index is 0.0409. The van der Waals surface area contributed by atoms with Crippen molar-refractivity contribution in [2.24, 2.45) is 17.3 Å². The minimum Gasteiger partial charge on any atom is -0.444 e. The van der Waals surface area contributed by atoms with Gasteiger partial charge in [-0.15, -0.1) is 0 Å². The van der Waals surface area contributed by atoms with Crippen molar-refractivity contribution >= 4 is 19.1 Å². The fourth-order valence-corrected chi connectivity index (χ4v) is 6.94. The van der Waals surface area contributed by atoms with E-state index in [4.69, 9.17) is 19.3 Å². The predicted octanol–water partition coefficient (Wildman–Crippen LogP) is 3.64. The van der Waals surface area contributed by atoms with Crippen molar-refractivity contribution in [2.45, 2.75) is 83.0 Å². The summed E-state index contributed by atoms with van der Waals surface area (Å²) in [6, 6.07) is 8.06. The normalized spacial score (nSPS) is 32.5. The van der Waals surface area contributed by atoms with E-state index in [9.17, 15) is 14.0 Å². The zero-order chi connectivity index (χ0) is 26.4. The quantitative estimate of drug-likeness (QED) is 0.586. The zero-order valence-corrected chi connectivity index (χ0v) is 21.7. The van der Waals surface area contributed by atoms with E-state index in [1.54, 1.807) is 17.0 Å². The molecule has 1 aromatic carbocycles. The van der Waals surface area contributed by atoms with Crippen LogP contribution in [0.1, 0.15) is 58.4 Å². The Kier molecular flexibility index (Phi) is 6.97. The van der Waals surface area contributed by atoms with Gasteiger partial charge >= 0.3 is 13.2 Å². The number of hydrogen-bond acceptors (Lipinski definition) is 6. The van der Waals surface area contributed by atoms with Crippen molar-refractivity contribution in [2.75, 3.05) is 13.1 Å². The van der Waals surface area contributed by atoms with Crippen LogP contribution in [0.4, 0.5) is 9.18 Å². The average molecular weight is 511 g/mol. The summed E-state index contributed by atoms with van der Waals surface area (Å²) in [6.45, 7) is 7.54. The van der Waals surface area contributed by atoms with E-state index in [-0.39, 0.29) is 36.2 Å². The van der Waals surface area contributed by atoms with Crippen molar-refractivity contribution in [3.63, 3.8) is 0 Å². The molecule has 2 unspecified atom stereocenters. The number of hydrogen-bond donors (Lipinski definition) is 1. The molecule has 8 nitrogen and oxygen atoms in total. The highest BCUT2D eigenvalue weighted by molar-refractivity contribution is 6.47. The molecule has 6 rings (SSSR count). The molecule has 198 valence electrons. The fourth-order valence-electron chi connectivity index (χ4n) is 6.94. The number of alkyl carbamates (subject to hydrolysis) is 1. The number of likely N-dealkylation sites (tertiary alicyclic amines) is 1. The number of nitrogens with one attached hydrogen (secondary N) is 1. The highest BCUT2D eigenvalue weighted by atomic mass is 19.1. The first-order valence-electron chi connectivity index (χ1n) is 13.3. The number of ether oxygens (including phenoxy) is 1. The Morgan fingerprint density at radius 1 is 1.30 bits per heavy atom. The third kappa shape index (κ3) is 4.96. The number of piperidine rings is 1. The maximum atomic E-state index is 13.5. The minimum atomic E-state index is -0.664. The van der Waals surface area contributed by atoms with E-state index in [0.29, 0.717) is 37.6 Å². The van der Waals surface area contributed by atoms with Crippen LogP contribution in [0.15, 0.2) is 24.3 Å². The van der Waals surface area contributed by atoms with Gasteiger partial charge in [0.05, 0.1) is 30.3 Å². The summed E-state index contributed by atoms with van der Waals surface area (Å²) in [4.78, 5) is 26.7. The van der Waals surface area contributed by atoms with Crippen LogP contribution < -0.4 is 5.32 Å². The Morgan fingerprint density at radius 2 is 2.05 bits per heavy atom. The fraction of sp³-hybridized carbons (Fsp3) is 0.667. The third-order valence-electron chi connectivity index (χ3n) is 9.20. The molecule has 2 saturated heterocycles. The van der Waals surface area contributed by atoms with E-state index < -0.39 is 30.9 Å². The number of rotatable bonds is 6. The van der Waals surface area contributed by atoms with Crippen LogP contribution in [-0.4, -0.2) is 60.9 Å². The van der Waals surface area contributed by atoms with Crippen LogP contribution in [-0.2, 0) is 25.3 Å². The highest BCUT2D eigenvalue weighted by Crippen LogP contribution is 2.65. The Morgan fingerprint density at radius 3 is 2.76 bits per heavy atom. The molecule has 2 amide bonds. The SMILES string of the molecule is CC1(C)C2CC1[C@]1(C)OB([C@H](Cc3ccc(F)cc3)NC(=O)O[C@H]3CCCN(C(=O)CC#N)C3)O[C@@H]1C2. The second kappa shape index (κ2) is 9.92. The van der Waals surface area contributed by atoms with Gasteiger partial charge < -0.3 is 24.3 Å². The van der Waals surface area contributed by atoms with Crippen LogP contribution in [0, 0.1) is 34.4 Å². The first-order chi connectivity index (χ1) is 17.6. The Hall–Kier alpha value is -2.64. The molecular weight excluding hydrogens is 476 g/mol. The zero-order valence-electron chi connectivity index (χ0n) is 21.7. The Bertz CT molecular complexity index is 1080. The number of carbonyl (C=O) groups excluding carboxylic acids is 2. The molecule has 0 radical (unpaired) electrons. The molecule has 3 aliphatic carbocycles. The largest absolute Gasteiger partial charge is 0.482 e. The van der Waals surface area contributed by atoms with E-state index in [2.05, 4.69) is 26.1 Å². The van der Waals surface area contributed by atoms with Gasteiger partial charge in [-0.1, -0.05) is 26.0 Å². The van der Waals surface area contributed by atoms with E-state index in [1.807, 2.05) is 6.07 Å². The molecule has 5 fully saturated rings. The van der Waals surface area contributed by atoms with Crippen molar-refractivity contribution < 1.29 is 28.0 Å². The second-order valence-corrected chi connectivity index (χ2v) is 11.8. The monoisotopic (exact) mass is 511 g/mol. The molecule has 5 aliphatic rings. The molecule has 1 N–H and O–H groups in total. The maximum Gasteiger partial charge on any atom is 0.482 e. The molecule has 10 heteroatoms. The van der Waals surface area contributed by atoms with Crippen LogP contribution >= 0.6 is 0 Å². The second-order valence-electron chi connectivity index (χ2n) is 11.8. The van der Waals surface area contributed by atoms with Crippen molar-refractivity contribution in [3.05, 3.63) is 35.6 Å². The number of halogens is 1.